The number of benzene rings is 1. The van der Waals surface area contributed by atoms with Crippen LogP contribution >= 0.6 is 11.8 Å². The highest BCUT2D eigenvalue weighted by Gasteiger charge is 2.11. The Bertz CT molecular complexity index is 578. The smallest absolute Gasteiger partial charge is 0.234 e. The molecule has 100 valence electrons. The third-order valence-electron chi connectivity index (χ3n) is 2.59. The maximum atomic E-state index is 13.4. The van der Waals surface area contributed by atoms with E-state index in [9.17, 15) is 9.18 Å². The number of aromatic amines is 1. The van der Waals surface area contributed by atoms with Crippen LogP contribution in [0.5, 0.6) is 0 Å². The van der Waals surface area contributed by atoms with Gasteiger partial charge in [0.05, 0.1) is 22.8 Å². The number of rotatable bonds is 4. The Morgan fingerprint density at radius 1 is 1.42 bits per heavy atom. The first-order valence-electron chi connectivity index (χ1n) is 5.76. The summed E-state index contributed by atoms with van der Waals surface area (Å²) in [7, 11) is 0. The van der Waals surface area contributed by atoms with Crippen molar-refractivity contribution >= 4 is 23.4 Å². The zero-order chi connectivity index (χ0) is 13.8. The monoisotopic (exact) mass is 279 g/mol. The van der Waals surface area contributed by atoms with Crippen LogP contribution in [0.25, 0.3) is 0 Å². The van der Waals surface area contributed by atoms with Crippen LogP contribution in [0.15, 0.2) is 29.2 Å². The molecule has 0 unspecified atom stereocenters. The van der Waals surface area contributed by atoms with E-state index >= 15 is 0 Å². The minimum Gasteiger partial charge on any atom is -0.322 e. The fourth-order valence-electron chi connectivity index (χ4n) is 1.62. The number of nitrogens with zero attached hydrogens (tertiary/aromatic N) is 1. The zero-order valence-electron chi connectivity index (χ0n) is 10.7. The average molecular weight is 279 g/mol. The summed E-state index contributed by atoms with van der Waals surface area (Å²) in [5.74, 6) is -0.331. The number of hydrogen-bond acceptors (Lipinski definition) is 3. The summed E-state index contributed by atoms with van der Waals surface area (Å²) in [5, 5.41) is 9.56. The van der Waals surface area contributed by atoms with Gasteiger partial charge in [-0.25, -0.2) is 4.39 Å². The number of nitrogens with one attached hydrogen (secondary N) is 2. The van der Waals surface area contributed by atoms with Crippen molar-refractivity contribution in [3.63, 3.8) is 0 Å². The highest BCUT2D eigenvalue weighted by Crippen LogP contribution is 2.22. The molecule has 1 amide bonds. The molecule has 0 saturated carbocycles. The number of aromatic nitrogens is 2. The Kier molecular flexibility index (Phi) is 4.21. The van der Waals surface area contributed by atoms with Gasteiger partial charge in [0.1, 0.15) is 5.82 Å². The third kappa shape index (κ3) is 3.35. The molecular formula is C13H14FN3OS. The molecule has 0 atom stereocenters. The highest BCUT2D eigenvalue weighted by atomic mass is 32.2. The molecule has 6 heteroatoms. The lowest BCUT2D eigenvalue weighted by atomic mass is 10.3. The zero-order valence-corrected chi connectivity index (χ0v) is 11.5. The van der Waals surface area contributed by atoms with Gasteiger partial charge in [0.25, 0.3) is 0 Å². The van der Waals surface area contributed by atoms with Crippen molar-refractivity contribution in [1.29, 1.82) is 0 Å². The van der Waals surface area contributed by atoms with Gasteiger partial charge in [-0.3, -0.25) is 9.89 Å². The summed E-state index contributed by atoms with van der Waals surface area (Å²) < 4.78 is 13.4. The maximum absolute atomic E-state index is 13.4. The number of anilines is 1. The lowest BCUT2D eigenvalue weighted by Gasteiger charge is -2.05. The Morgan fingerprint density at radius 3 is 2.79 bits per heavy atom. The fourth-order valence-corrected chi connectivity index (χ4v) is 2.36. The van der Waals surface area contributed by atoms with E-state index in [1.807, 2.05) is 13.8 Å². The van der Waals surface area contributed by atoms with Gasteiger partial charge in [-0.1, -0.05) is 12.1 Å². The van der Waals surface area contributed by atoms with Crippen LogP contribution in [0.4, 0.5) is 10.1 Å². The van der Waals surface area contributed by atoms with Gasteiger partial charge in [0.2, 0.25) is 5.91 Å². The van der Waals surface area contributed by atoms with Crippen LogP contribution < -0.4 is 5.32 Å². The number of H-pyrrole nitrogens is 1. The quantitative estimate of drug-likeness (QED) is 0.846. The molecule has 4 nitrogen and oxygen atoms in total. The summed E-state index contributed by atoms with van der Waals surface area (Å²) in [4.78, 5) is 12.3. The first-order valence-corrected chi connectivity index (χ1v) is 6.75. The second-order valence-electron chi connectivity index (χ2n) is 4.08. The topological polar surface area (TPSA) is 57.8 Å². The van der Waals surface area contributed by atoms with Crippen LogP contribution in [0, 0.1) is 19.7 Å². The van der Waals surface area contributed by atoms with Crippen molar-refractivity contribution in [3.8, 4) is 0 Å². The summed E-state index contributed by atoms with van der Waals surface area (Å²) >= 11 is 1.17. The molecule has 2 rings (SSSR count). The molecule has 2 aromatic rings. The van der Waals surface area contributed by atoms with Crippen molar-refractivity contribution in [2.45, 2.75) is 18.7 Å². The van der Waals surface area contributed by atoms with E-state index in [0.717, 1.165) is 11.4 Å². The number of aryl methyl sites for hydroxylation is 2. The maximum Gasteiger partial charge on any atom is 0.234 e. The van der Waals surface area contributed by atoms with Crippen LogP contribution in [0.2, 0.25) is 0 Å². The molecule has 0 aliphatic carbocycles. The molecule has 19 heavy (non-hydrogen) atoms. The lowest BCUT2D eigenvalue weighted by molar-refractivity contribution is -0.113. The second kappa shape index (κ2) is 5.88. The van der Waals surface area contributed by atoms with Gasteiger partial charge >= 0.3 is 0 Å². The van der Waals surface area contributed by atoms with Crippen LogP contribution in [0.1, 0.15) is 11.4 Å². The van der Waals surface area contributed by atoms with E-state index in [2.05, 4.69) is 15.5 Å². The molecule has 1 aromatic carbocycles. The van der Waals surface area contributed by atoms with Gasteiger partial charge in [-0.15, -0.1) is 11.8 Å². The average Bonchev–Trinajstić information content (AvgIpc) is 2.70. The molecule has 1 heterocycles. The molecule has 0 fully saturated rings. The minimum absolute atomic E-state index is 0.158. The van der Waals surface area contributed by atoms with Gasteiger partial charge in [0.15, 0.2) is 0 Å². The summed E-state index contributed by atoms with van der Waals surface area (Å²) in [6, 6.07) is 6.40. The van der Waals surface area contributed by atoms with Crippen molar-refractivity contribution in [2.75, 3.05) is 11.1 Å². The van der Waals surface area contributed by atoms with Crippen LogP contribution in [-0.4, -0.2) is 21.9 Å². The normalized spacial score (nSPS) is 10.5. The SMILES string of the molecule is Cc1n[nH]c(C)c1NC(=O)CSc1ccccc1F. The standard InChI is InChI=1S/C13H14FN3OS/c1-8-13(9(2)17-16-8)15-12(18)7-19-11-6-4-3-5-10(11)14/h3-6H,7H2,1-2H3,(H,15,18)(H,16,17). The van der Waals surface area contributed by atoms with Gasteiger partial charge in [-0.05, 0) is 26.0 Å². The van der Waals surface area contributed by atoms with E-state index in [1.54, 1.807) is 18.2 Å². The minimum atomic E-state index is -0.309. The first-order chi connectivity index (χ1) is 9.08. The number of carbonyl (C=O) groups excluding carboxylic acids is 1. The van der Waals surface area contributed by atoms with Gasteiger partial charge in [0, 0.05) is 4.90 Å². The van der Waals surface area contributed by atoms with Gasteiger partial charge in [-0.2, -0.15) is 5.10 Å². The number of thioether (sulfide) groups is 1. The molecule has 2 N–H and O–H groups in total. The van der Waals surface area contributed by atoms with Crippen molar-refractivity contribution < 1.29 is 9.18 Å². The number of carbonyl (C=O) groups is 1. The van der Waals surface area contributed by atoms with Crippen molar-refractivity contribution in [1.82, 2.24) is 10.2 Å². The van der Waals surface area contributed by atoms with Crippen molar-refractivity contribution in [3.05, 3.63) is 41.5 Å². The first kappa shape index (κ1) is 13.6. The molecule has 1 aromatic heterocycles. The second-order valence-corrected chi connectivity index (χ2v) is 5.09. The van der Waals surface area contributed by atoms with E-state index in [-0.39, 0.29) is 17.5 Å². The lowest BCUT2D eigenvalue weighted by Crippen LogP contribution is -2.15. The Labute approximate surface area is 114 Å². The Hall–Kier alpha value is -1.82. The van der Waals surface area contributed by atoms with E-state index in [0.29, 0.717) is 10.6 Å². The predicted octanol–water partition coefficient (Wildman–Crippen LogP) is 2.90. The molecule has 0 bridgehead atoms. The van der Waals surface area contributed by atoms with E-state index in [4.69, 9.17) is 0 Å². The molecule has 0 aliphatic heterocycles. The van der Waals surface area contributed by atoms with Crippen LogP contribution in [0.3, 0.4) is 0 Å². The van der Waals surface area contributed by atoms with Gasteiger partial charge < -0.3 is 5.32 Å². The van der Waals surface area contributed by atoms with E-state index < -0.39 is 0 Å². The summed E-state index contributed by atoms with van der Waals surface area (Å²) in [5.41, 5.74) is 2.24. The summed E-state index contributed by atoms with van der Waals surface area (Å²) in [6.07, 6.45) is 0. The molecule has 0 saturated heterocycles. The Balaban J connectivity index is 1.94. The number of halogens is 1. The Morgan fingerprint density at radius 2 is 2.16 bits per heavy atom. The fraction of sp³-hybridized carbons (Fsp3) is 0.231. The number of amides is 1. The summed E-state index contributed by atoms with van der Waals surface area (Å²) in [6.45, 7) is 3.64. The predicted molar refractivity (Wildman–Crippen MR) is 73.8 cm³/mol. The highest BCUT2D eigenvalue weighted by molar-refractivity contribution is 8.00. The van der Waals surface area contributed by atoms with Crippen LogP contribution in [-0.2, 0) is 4.79 Å². The molecule has 0 aliphatic rings. The van der Waals surface area contributed by atoms with E-state index in [1.165, 1.54) is 17.8 Å². The molecule has 0 spiro atoms. The third-order valence-corrected chi connectivity index (χ3v) is 3.64. The molecule has 0 radical (unpaired) electrons. The largest absolute Gasteiger partial charge is 0.322 e. The number of hydrogen-bond donors (Lipinski definition) is 2. The van der Waals surface area contributed by atoms with Crippen molar-refractivity contribution in [2.24, 2.45) is 0 Å². The molecular weight excluding hydrogens is 265 g/mol.